The van der Waals surface area contributed by atoms with Gasteiger partial charge in [0, 0.05) is 17.4 Å². The maximum Gasteiger partial charge on any atom is 0.0472 e. The van der Waals surface area contributed by atoms with E-state index in [2.05, 4.69) is 82.8 Å². The molecule has 0 aliphatic carbocycles. The maximum atomic E-state index is 2.43. The van der Waals surface area contributed by atoms with E-state index < -0.39 is 0 Å². The summed E-state index contributed by atoms with van der Waals surface area (Å²) in [6.07, 6.45) is 0. The van der Waals surface area contributed by atoms with Gasteiger partial charge in [0.1, 0.15) is 0 Å². The Bertz CT molecular complexity index is 571. The van der Waals surface area contributed by atoms with Gasteiger partial charge in [0.25, 0.3) is 0 Å². The Morgan fingerprint density at radius 1 is 0.750 bits per heavy atom. The van der Waals surface area contributed by atoms with Crippen molar-refractivity contribution >= 4 is 11.4 Å². The molecule has 0 aromatic heterocycles. The summed E-state index contributed by atoms with van der Waals surface area (Å²) in [5.74, 6) is 0. The van der Waals surface area contributed by atoms with E-state index >= 15 is 0 Å². The Kier molecular flexibility index (Phi) is 4.17. The van der Waals surface area contributed by atoms with Crippen molar-refractivity contribution < 1.29 is 0 Å². The number of anilines is 2. The van der Waals surface area contributed by atoms with Gasteiger partial charge in [-0.25, -0.2) is 0 Å². The molecule has 0 bridgehead atoms. The van der Waals surface area contributed by atoms with E-state index in [4.69, 9.17) is 0 Å². The zero-order chi connectivity index (χ0) is 14.9. The third-order valence-corrected chi connectivity index (χ3v) is 3.70. The molecule has 0 saturated heterocycles. The molecule has 106 valence electrons. The molecule has 2 rings (SSSR count). The Labute approximate surface area is 123 Å². The Morgan fingerprint density at radius 3 is 1.70 bits per heavy atom. The number of hydrogen-bond acceptors (Lipinski definition) is 1. The average molecular weight is 267 g/mol. The van der Waals surface area contributed by atoms with Gasteiger partial charge in [-0.2, -0.15) is 0 Å². The zero-order valence-electron chi connectivity index (χ0n) is 13.5. The molecule has 0 N–H and O–H groups in total. The lowest BCUT2D eigenvalue weighted by Crippen LogP contribution is -2.27. The normalized spacial score (nSPS) is 10.9. The average Bonchev–Trinajstić information content (AvgIpc) is 2.34. The van der Waals surface area contributed by atoms with Crippen LogP contribution in [0.1, 0.15) is 36.1 Å². The van der Waals surface area contributed by atoms with Gasteiger partial charge in [0.2, 0.25) is 0 Å². The summed E-state index contributed by atoms with van der Waals surface area (Å²) in [6, 6.07) is 13.8. The van der Waals surface area contributed by atoms with E-state index in [-0.39, 0.29) is 0 Å². The number of benzene rings is 2. The van der Waals surface area contributed by atoms with Crippen molar-refractivity contribution in [3.05, 3.63) is 58.7 Å². The molecule has 20 heavy (non-hydrogen) atoms. The minimum atomic E-state index is 0.429. The predicted octanol–water partition coefficient (Wildman–Crippen LogP) is 5.47. The van der Waals surface area contributed by atoms with E-state index in [0.29, 0.717) is 6.04 Å². The van der Waals surface area contributed by atoms with Crippen LogP contribution >= 0.6 is 0 Å². The van der Waals surface area contributed by atoms with Gasteiger partial charge in [-0.15, -0.1) is 0 Å². The molecule has 1 nitrogen and oxygen atoms in total. The van der Waals surface area contributed by atoms with Gasteiger partial charge in [0.15, 0.2) is 0 Å². The summed E-state index contributed by atoms with van der Waals surface area (Å²) in [5.41, 5.74) is 7.93. The zero-order valence-corrected chi connectivity index (χ0v) is 13.5. The summed E-state index contributed by atoms with van der Waals surface area (Å²) in [5, 5.41) is 0. The van der Waals surface area contributed by atoms with Crippen LogP contribution in [0.2, 0.25) is 0 Å². The molecule has 0 aliphatic rings. The second-order valence-electron chi connectivity index (χ2n) is 6.05. The molecule has 0 atom stereocenters. The van der Waals surface area contributed by atoms with Crippen molar-refractivity contribution in [2.75, 3.05) is 4.90 Å². The van der Waals surface area contributed by atoms with Gasteiger partial charge < -0.3 is 4.90 Å². The van der Waals surface area contributed by atoms with Crippen LogP contribution in [0.4, 0.5) is 11.4 Å². The molecule has 0 fully saturated rings. The largest absolute Gasteiger partial charge is 0.338 e. The second kappa shape index (κ2) is 5.70. The van der Waals surface area contributed by atoms with E-state index in [0.717, 1.165) is 0 Å². The lowest BCUT2D eigenvalue weighted by atomic mass is 10.0. The van der Waals surface area contributed by atoms with Crippen LogP contribution in [0.5, 0.6) is 0 Å². The highest BCUT2D eigenvalue weighted by molar-refractivity contribution is 5.70. The van der Waals surface area contributed by atoms with Crippen molar-refractivity contribution in [2.24, 2.45) is 0 Å². The van der Waals surface area contributed by atoms with Crippen molar-refractivity contribution in [3.63, 3.8) is 0 Å². The minimum Gasteiger partial charge on any atom is -0.338 e. The first-order chi connectivity index (χ1) is 9.40. The lowest BCUT2D eigenvalue weighted by Gasteiger charge is -2.32. The smallest absolute Gasteiger partial charge is 0.0472 e. The number of nitrogens with zero attached hydrogens (tertiary/aromatic N) is 1. The number of hydrogen-bond donors (Lipinski definition) is 0. The van der Waals surface area contributed by atoms with Crippen LogP contribution in [0.15, 0.2) is 36.4 Å². The summed E-state index contributed by atoms with van der Waals surface area (Å²) in [7, 11) is 0. The topological polar surface area (TPSA) is 3.24 Å². The Hall–Kier alpha value is -1.76. The van der Waals surface area contributed by atoms with E-state index in [1.807, 2.05) is 0 Å². The first-order valence-electron chi connectivity index (χ1n) is 7.34. The third kappa shape index (κ3) is 2.87. The highest BCUT2D eigenvalue weighted by Crippen LogP contribution is 2.34. The standard InChI is InChI=1S/C19H25N/c1-13(2)20(18-9-7-14(3)8-10-18)19-16(5)11-15(4)12-17(19)6/h7-13H,1-6H3. The van der Waals surface area contributed by atoms with Gasteiger partial charge >= 0.3 is 0 Å². The number of aryl methyl sites for hydroxylation is 4. The Morgan fingerprint density at radius 2 is 1.25 bits per heavy atom. The summed E-state index contributed by atoms with van der Waals surface area (Å²) >= 11 is 0. The maximum absolute atomic E-state index is 2.43. The third-order valence-electron chi connectivity index (χ3n) is 3.70. The fraction of sp³-hybridized carbons (Fsp3) is 0.368. The highest BCUT2D eigenvalue weighted by atomic mass is 15.2. The molecule has 0 saturated carbocycles. The molecule has 0 unspecified atom stereocenters. The molecule has 0 spiro atoms. The van der Waals surface area contributed by atoms with Crippen LogP contribution in [0, 0.1) is 27.7 Å². The molecule has 0 aliphatic heterocycles. The van der Waals surface area contributed by atoms with Gasteiger partial charge in [-0.3, -0.25) is 0 Å². The monoisotopic (exact) mass is 267 g/mol. The molecule has 0 amide bonds. The van der Waals surface area contributed by atoms with Gasteiger partial charge in [0.05, 0.1) is 0 Å². The molecular weight excluding hydrogens is 242 g/mol. The molecule has 2 aromatic carbocycles. The SMILES string of the molecule is Cc1ccc(N(c2c(C)cc(C)cc2C)C(C)C)cc1. The van der Waals surface area contributed by atoms with Crippen LogP contribution in [0.25, 0.3) is 0 Å². The fourth-order valence-electron chi connectivity index (χ4n) is 2.94. The van der Waals surface area contributed by atoms with E-state index in [9.17, 15) is 0 Å². The van der Waals surface area contributed by atoms with Crippen LogP contribution in [0.3, 0.4) is 0 Å². The summed E-state index contributed by atoms with van der Waals surface area (Å²) < 4.78 is 0. The predicted molar refractivity (Wildman–Crippen MR) is 89.1 cm³/mol. The van der Waals surface area contributed by atoms with Crippen LogP contribution in [-0.4, -0.2) is 6.04 Å². The Balaban J connectivity index is 2.57. The lowest BCUT2D eigenvalue weighted by molar-refractivity contribution is 0.783. The molecular formula is C19H25N. The van der Waals surface area contributed by atoms with Crippen molar-refractivity contribution in [2.45, 2.75) is 47.6 Å². The summed E-state index contributed by atoms with van der Waals surface area (Å²) in [6.45, 7) is 13.2. The fourth-order valence-corrected chi connectivity index (χ4v) is 2.94. The van der Waals surface area contributed by atoms with Crippen LogP contribution < -0.4 is 4.90 Å². The molecule has 0 radical (unpaired) electrons. The van der Waals surface area contributed by atoms with Crippen molar-refractivity contribution in [1.29, 1.82) is 0 Å². The highest BCUT2D eigenvalue weighted by Gasteiger charge is 2.17. The van der Waals surface area contributed by atoms with Crippen molar-refractivity contribution in [1.82, 2.24) is 0 Å². The molecule has 0 heterocycles. The first-order valence-corrected chi connectivity index (χ1v) is 7.34. The minimum absolute atomic E-state index is 0.429. The molecule has 2 aromatic rings. The molecule has 1 heteroatoms. The van der Waals surface area contributed by atoms with Gasteiger partial charge in [-0.05, 0) is 64.8 Å². The number of rotatable bonds is 3. The van der Waals surface area contributed by atoms with Crippen molar-refractivity contribution in [3.8, 4) is 0 Å². The van der Waals surface area contributed by atoms with Crippen LogP contribution in [-0.2, 0) is 0 Å². The van der Waals surface area contributed by atoms with E-state index in [1.165, 1.54) is 33.6 Å². The quantitative estimate of drug-likeness (QED) is 0.713. The van der Waals surface area contributed by atoms with E-state index in [1.54, 1.807) is 0 Å². The summed E-state index contributed by atoms with van der Waals surface area (Å²) in [4.78, 5) is 2.43. The second-order valence-corrected chi connectivity index (χ2v) is 6.05. The van der Waals surface area contributed by atoms with Gasteiger partial charge in [-0.1, -0.05) is 35.4 Å². The first kappa shape index (κ1) is 14.6.